The van der Waals surface area contributed by atoms with E-state index >= 15 is 0 Å². The lowest BCUT2D eigenvalue weighted by molar-refractivity contribution is 0.0985. The fourth-order valence-corrected chi connectivity index (χ4v) is 6.39. The molecule has 2 aromatic carbocycles. The molecule has 0 saturated carbocycles. The van der Waals surface area contributed by atoms with Crippen LogP contribution in [-0.2, 0) is 16.6 Å². The van der Waals surface area contributed by atoms with E-state index in [9.17, 15) is 13.2 Å². The van der Waals surface area contributed by atoms with Crippen LogP contribution in [0.25, 0.3) is 10.2 Å². The number of pyridine rings is 1. The van der Waals surface area contributed by atoms with Gasteiger partial charge in [0.05, 0.1) is 21.7 Å². The Morgan fingerprint density at radius 1 is 1.08 bits per heavy atom. The van der Waals surface area contributed by atoms with E-state index in [1.807, 2.05) is 38.1 Å². The third kappa shape index (κ3) is 5.59. The Kier molecular flexibility index (Phi) is 8.04. The van der Waals surface area contributed by atoms with Gasteiger partial charge in [-0.05, 0) is 73.0 Å². The zero-order valence-electron chi connectivity index (χ0n) is 20.3. The number of aromatic nitrogens is 2. The van der Waals surface area contributed by atoms with E-state index in [4.69, 9.17) is 16.6 Å². The van der Waals surface area contributed by atoms with E-state index in [1.54, 1.807) is 36.5 Å². The van der Waals surface area contributed by atoms with Crippen molar-refractivity contribution in [2.75, 3.05) is 18.5 Å². The number of unbranched alkanes of at least 4 members (excludes halogenated alkanes) is 1. The first-order valence-electron chi connectivity index (χ1n) is 11.5. The number of amides is 1. The third-order valence-corrected chi connectivity index (χ3v) is 8.96. The molecule has 7 nitrogen and oxygen atoms in total. The molecule has 0 radical (unpaired) electrons. The monoisotopic (exact) mass is 542 g/mol. The summed E-state index contributed by atoms with van der Waals surface area (Å²) < 4.78 is 28.0. The molecule has 188 valence electrons. The largest absolute Gasteiger partial charge is 0.279 e. The predicted molar refractivity (Wildman–Crippen MR) is 145 cm³/mol. The number of hydrogen-bond donors (Lipinski definition) is 0. The zero-order valence-corrected chi connectivity index (χ0v) is 22.7. The Morgan fingerprint density at radius 2 is 1.78 bits per heavy atom. The van der Waals surface area contributed by atoms with Crippen LogP contribution in [0.3, 0.4) is 0 Å². The summed E-state index contributed by atoms with van der Waals surface area (Å²) in [4.78, 5) is 24.3. The SMILES string of the molecule is CCCCN(C)S(=O)(=O)c1ccc(C(=O)N(Cc2ccncc2)c2nc3c(C)cc(Cl)cc3s2)cc1. The van der Waals surface area contributed by atoms with Gasteiger partial charge in [0, 0.05) is 36.6 Å². The Morgan fingerprint density at radius 3 is 2.44 bits per heavy atom. The molecule has 0 aliphatic rings. The lowest BCUT2D eigenvalue weighted by atomic mass is 10.2. The number of thiazole rings is 1. The summed E-state index contributed by atoms with van der Waals surface area (Å²) in [5, 5.41) is 1.15. The third-order valence-electron chi connectivity index (χ3n) is 5.84. The average Bonchev–Trinajstić information content (AvgIpc) is 3.30. The Labute approximate surface area is 220 Å². The van der Waals surface area contributed by atoms with Gasteiger partial charge in [-0.2, -0.15) is 0 Å². The quantitative estimate of drug-likeness (QED) is 0.262. The molecule has 36 heavy (non-hydrogen) atoms. The molecule has 2 heterocycles. The molecule has 4 aromatic rings. The molecule has 0 unspecified atom stereocenters. The maximum absolute atomic E-state index is 13.7. The Hall–Kier alpha value is -2.85. The second kappa shape index (κ2) is 11.0. The van der Waals surface area contributed by atoms with Crippen molar-refractivity contribution in [2.24, 2.45) is 0 Å². The van der Waals surface area contributed by atoms with Gasteiger partial charge in [-0.15, -0.1) is 0 Å². The summed E-state index contributed by atoms with van der Waals surface area (Å²) in [6.07, 6.45) is 5.03. The highest BCUT2D eigenvalue weighted by Crippen LogP contribution is 2.34. The van der Waals surface area contributed by atoms with Gasteiger partial charge >= 0.3 is 0 Å². The summed E-state index contributed by atoms with van der Waals surface area (Å²) in [6.45, 7) is 4.68. The first-order valence-corrected chi connectivity index (χ1v) is 14.2. The lowest BCUT2D eigenvalue weighted by Crippen LogP contribution is -2.30. The fraction of sp³-hybridized carbons (Fsp3) is 0.269. The number of hydrogen-bond acceptors (Lipinski definition) is 6. The fourth-order valence-electron chi connectivity index (χ4n) is 3.76. The first-order chi connectivity index (χ1) is 17.2. The second-order valence-electron chi connectivity index (χ2n) is 8.52. The zero-order chi connectivity index (χ0) is 25.9. The van der Waals surface area contributed by atoms with Crippen LogP contribution in [0.2, 0.25) is 5.02 Å². The summed E-state index contributed by atoms with van der Waals surface area (Å²) >= 11 is 7.63. The lowest BCUT2D eigenvalue weighted by Gasteiger charge is -2.21. The number of fused-ring (bicyclic) bond motifs is 1. The van der Waals surface area contributed by atoms with E-state index < -0.39 is 10.0 Å². The van der Waals surface area contributed by atoms with Crippen LogP contribution in [0, 0.1) is 6.92 Å². The van der Waals surface area contributed by atoms with E-state index in [0.29, 0.717) is 22.3 Å². The topological polar surface area (TPSA) is 83.5 Å². The van der Waals surface area contributed by atoms with Gasteiger partial charge in [-0.25, -0.2) is 17.7 Å². The second-order valence-corrected chi connectivity index (χ2v) is 12.0. The van der Waals surface area contributed by atoms with Gasteiger partial charge in [-0.3, -0.25) is 14.7 Å². The number of aryl methyl sites for hydroxylation is 1. The molecule has 10 heteroatoms. The number of sulfonamides is 1. The molecule has 0 aliphatic heterocycles. The highest BCUT2D eigenvalue weighted by Gasteiger charge is 2.24. The minimum absolute atomic E-state index is 0.156. The number of anilines is 1. The molecular weight excluding hydrogens is 516 g/mol. The minimum Gasteiger partial charge on any atom is -0.279 e. The number of carbonyl (C=O) groups excluding carboxylic acids is 1. The molecule has 0 fully saturated rings. The van der Waals surface area contributed by atoms with Gasteiger partial charge in [-0.1, -0.05) is 36.3 Å². The van der Waals surface area contributed by atoms with Crippen molar-refractivity contribution in [3.05, 3.63) is 82.6 Å². The van der Waals surface area contributed by atoms with Crippen molar-refractivity contribution >= 4 is 54.2 Å². The molecule has 0 bridgehead atoms. The summed E-state index contributed by atoms with van der Waals surface area (Å²) in [5.41, 5.74) is 2.99. The molecule has 4 rings (SSSR count). The number of halogens is 1. The van der Waals surface area contributed by atoms with Crippen molar-refractivity contribution in [1.29, 1.82) is 0 Å². The van der Waals surface area contributed by atoms with E-state index in [-0.39, 0.29) is 17.3 Å². The maximum Gasteiger partial charge on any atom is 0.260 e. The molecule has 2 aromatic heterocycles. The molecule has 0 N–H and O–H groups in total. The Bertz CT molecular complexity index is 1470. The highest BCUT2D eigenvalue weighted by molar-refractivity contribution is 7.89. The molecule has 0 spiro atoms. The van der Waals surface area contributed by atoms with Crippen molar-refractivity contribution in [3.8, 4) is 0 Å². The maximum atomic E-state index is 13.7. The van der Waals surface area contributed by atoms with Gasteiger partial charge in [0.15, 0.2) is 5.13 Å². The summed E-state index contributed by atoms with van der Waals surface area (Å²) in [7, 11) is -2.05. The first kappa shape index (κ1) is 26.2. The average molecular weight is 543 g/mol. The Balaban J connectivity index is 1.68. The van der Waals surface area contributed by atoms with Crippen LogP contribution in [0.15, 0.2) is 65.8 Å². The van der Waals surface area contributed by atoms with E-state index in [2.05, 4.69) is 4.98 Å². The highest BCUT2D eigenvalue weighted by atomic mass is 35.5. The molecule has 0 saturated heterocycles. The summed E-state index contributed by atoms with van der Waals surface area (Å²) in [6, 6.07) is 13.5. The van der Waals surface area contributed by atoms with Crippen molar-refractivity contribution in [1.82, 2.24) is 14.3 Å². The summed E-state index contributed by atoms with van der Waals surface area (Å²) in [5.74, 6) is -0.280. The van der Waals surface area contributed by atoms with Crippen LogP contribution in [0.1, 0.15) is 41.3 Å². The van der Waals surface area contributed by atoms with Crippen LogP contribution < -0.4 is 4.90 Å². The molecule has 1 amide bonds. The van der Waals surface area contributed by atoms with Gasteiger partial charge in [0.1, 0.15) is 0 Å². The number of carbonyl (C=O) groups is 1. The number of nitrogens with zero attached hydrogens (tertiary/aromatic N) is 4. The van der Waals surface area contributed by atoms with Crippen LogP contribution in [0.4, 0.5) is 5.13 Å². The van der Waals surface area contributed by atoms with Crippen molar-refractivity contribution < 1.29 is 13.2 Å². The van der Waals surface area contributed by atoms with Crippen LogP contribution >= 0.6 is 22.9 Å². The van der Waals surface area contributed by atoms with Crippen LogP contribution in [0.5, 0.6) is 0 Å². The van der Waals surface area contributed by atoms with E-state index in [0.717, 1.165) is 34.2 Å². The minimum atomic E-state index is -3.62. The standard InChI is InChI=1S/C26H27ClN4O3S2/c1-4-5-14-30(3)36(33,34)22-8-6-20(7-9-22)25(32)31(17-19-10-12-28-13-11-19)26-29-24-18(2)15-21(27)16-23(24)35-26/h6-13,15-16H,4-5,14,17H2,1-3H3. The predicted octanol–water partition coefficient (Wildman–Crippen LogP) is 5.92. The normalized spacial score (nSPS) is 11.8. The van der Waals surface area contributed by atoms with E-state index in [1.165, 1.54) is 27.8 Å². The van der Waals surface area contributed by atoms with Gasteiger partial charge in [0.25, 0.3) is 5.91 Å². The van der Waals surface area contributed by atoms with Crippen LogP contribution in [-0.4, -0.2) is 42.2 Å². The number of benzene rings is 2. The molecular formula is C26H27ClN4O3S2. The van der Waals surface area contributed by atoms with Gasteiger partial charge < -0.3 is 0 Å². The molecule has 0 atom stereocenters. The number of rotatable bonds is 9. The molecule has 0 aliphatic carbocycles. The van der Waals surface area contributed by atoms with Crippen molar-refractivity contribution in [2.45, 2.75) is 38.1 Å². The van der Waals surface area contributed by atoms with Gasteiger partial charge in [0.2, 0.25) is 10.0 Å². The van der Waals surface area contributed by atoms with Crippen molar-refractivity contribution in [3.63, 3.8) is 0 Å². The smallest absolute Gasteiger partial charge is 0.260 e.